The number of ether oxygens (including phenoxy) is 1. The molecule has 0 aromatic carbocycles. The number of aromatic nitrogens is 2. The smallest absolute Gasteiger partial charge is 0.345 e. The van der Waals surface area contributed by atoms with Crippen LogP contribution in [0.3, 0.4) is 0 Å². The van der Waals surface area contributed by atoms with E-state index in [0.717, 1.165) is 28.1 Å². The highest BCUT2D eigenvalue weighted by molar-refractivity contribution is 7.20. The monoisotopic (exact) mass is 269 g/mol. The number of thiazole rings is 1. The summed E-state index contributed by atoms with van der Waals surface area (Å²) in [5.74, 6) is -0.793. The Morgan fingerprint density at radius 3 is 3.00 bits per heavy atom. The summed E-state index contributed by atoms with van der Waals surface area (Å²) in [5, 5.41) is 10.4. The van der Waals surface area contributed by atoms with Crippen LogP contribution in [0.4, 0.5) is 5.00 Å². The van der Waals surface area contributed by atoms with Crippen molar-refractivity contribution in [3.8, 4) is 0 Å². The second-order valence-electron chi connectivity index (χ2n) is 3.18. The number of rotatable bonds is 3. The van der Waals surface area contributed by atoms with Crippen LogP contribution in [-0.4, -0.2) is 26.9 Å². The van der Waals surface area contributed by atoms with Gasteiger partial charge in [0.15, 0.2) is 0 Å². The van der Waals surface area contributed by atoms with Gasteiger partial charge in [-0.15, -0.1) is 0 Å². The minimum atomic E-state index is -0.793. The number of nitro groups is 1. The second kappa shape index (κ2) is 4.53. The molecule has 2 heterocycles. The number of esters is 1. The zero-order valence-corrected chi connectivity index (χ0v) is 9.97. The summed E-state index contributed by atoms with van der Waals surface area (Å²) in [4.78, 5) is 37.3. The van der Waals surface area contributed by atoms with E-state index in [-0.39, 0.29) is 22.1 Å². The maximum atomic E-state index is 11.9. The molecule has 0 amide bonds. The first-order valence-electron chi connectivity index (χ1n) is 4.87. The van der Waals surface area contributed by atoms with Crippen molar-refractivity contribution in [1.29, 1.82) is 0 Å². The molecule has 2 aromatic rings. The van der Waals surface area contributed by atoms with Gasteiger partial charge in [-0.2, -0.15) is 0 Å². The van der Waals surface area contributed by atoms with E-state index in [2.05, 4.69) is 9.72 Å². The third kappa shape index (κ3) is 1.95. The lowest BCUT2D eigenvalue weighted by Gasteiger charge is -2.00. The number of nitrogens with zero attached hydrogens (tertiary/aromatic N) is 3. The van der Waals surface area contributed by atoms with Crippen molar-refractivity contribution in [2.45, 2.75) is 6.92 Å². The molecule has 0 aliphatic heterocycles. The maximum absolute atomic E-state index is 11.9. The van der Waals surface area contributed by atoms with Gasteiger partial charge in [0.1, 0.15) is 11.8 Å². The highest BCUT2D eigenvalue weighted by Crippen LogP contribution is 2.21. The molecule has 0 saturated heterocycles. The van der Waals surface area contributed by atoms with Crippen molar-refractivity contribution in [3.05, 3.63) is 38.4 Å². The Balaban J connectivity index is 2.60. The van der Waals surface area contributed by atoms with Crippen LogP contribution in [0.15, 0.2) is 17.2 Å². The van der Waals surface area contributed by atoms with Crippen molar-refractivity contribution >= 4 is 27.3 Å². The fraction of sp³-hybridized carbons (Fsp3) is 0.222. The van der Waals surface area contributed by atoms with Gasteiger partial charge in [0.25, 0.3) is 5.56 Å². The van der Waals surface area contributed by atoms with Gasteiger partial charge in [-0.25, -0.2) is 9.78 Å². The third-order valence-corrected chi connectivity index (χ3v) is 3.02. The van der Waals surface area contributed by atoms with Gasteiger partial charge in [0.05, 0.1) is 17.7 Å². The molecule has 2 rings (SSSR count). The van der Waals surface area contributed by atoms with Crippen LogP contribution in [0.1, 0.15) is 17.3 Å². The van der Waals surface area contributed by atoms with E-state index in [1.807, 2.05) is 0 Å². The zero-order valence-electron chi connectivity index (χ0n) is 9.15. The lowest BCUT2D eigenvalue weighted by Crippen LogP contribution is -2.23. The first kappa shape index (κ1) is 12.2. The second-order valence-corrected chi connectivity index (χ2v) is 4.16. The average Bonchev–Trinajstić information content (AvgIpc) is 2.74. The van der Waals surface area contributed by atoms with Gasteiger partial charge in [0.2, 0.25) is 4.96 Å². The first-order chi connectivity index (χ1) is 8.54. The average molecular weight is 269 g/mol. The summed E-state index contributed by atoms with van der Waals surface area (Å²) in [5.41, 5.74) is -0.926. The largest absolute Gasteiger partial charge is 0.462 e. The van der Waals surface area contributed by atoms with E-state index < -0.39 is 16.5 Å². The lowest BCUT2D eigenvalue weighted by atomic mass is 10.3. The molecule has 0 aliphatic rings. The van der Waals surface area contributed by atoms with E-state index in [1.54, 1.807) is 6.92 Å². The van der Waals surface area contributed by atoms with Crippen LogP contribution in [0.25, 0.3) is 4.96 Å². The van der Waals surface area contributed by atoms with Crippen LogP contribution in [-0.2, 0) is 4.74 Å². The molecule has 0 fully saturated rings. The van der Waals surface area contributed by atoms with Crippen LogP contribution in [0.5, 0.6) is 0 Å². The summed E-state index contributed by atoms with van der Waals surface area (Å²) in [6, 6.07) is 0. The third-order valence-electron chi connectivity index (χ3n) is 2.07. The number of carbonyl (C=O) groups excluding carboxylic acids is 1. The summed E-state index contributed by atoms with van der Waals surface area (Å²) < 4.78 is 5.66. The van der Waals surface area contributed by atoms with Gasteiger partial charge in [0, 0.05) is 0 Å². The predicted octanol–water partition coefficient (Wildman–Crippen LogP) is 0.841. The molecular formula is C9H7N3O5S. The highest BCUT2D eigenvalue weighted by atomic mass is 32.1. The van der Waals surface area contributed by atoms with Crippen LogP contribution >= 0.6 is 11.3 Å². The molecule has 0 aliphatic carbocycles. The summed E-state index contributed by atoms with van der Waals surface area (Å²) >= 11 is 0.754. The Hall–Kier alpha value is -2.29. The molecule has 0 spiro atoms. The molecule has 0 unspecified atom stereocenters. The fourth-order valence-electron chi connectivity index (χ4n) is 1.31. The van der Waals surface area contributed by atoms with E-state index in [0.29, 0.717) is 0 Å². The molecule has 0 radical (unpaired) electrons. The van der Waals surface area contributed by atoms with Gasteiger partial charge in [-0.05, 0) is 18.3 Å². The summed E-state index contributed by atoms with van der Waals surface area (Å²) in [7, 11) is 0. The van der Waals surface area contributed by atoms with Crippen LogP contribution in [0, 0.1) is 10.1 Å². The zero-order chi connectivity index (χ0) is 13.3. The molecule has 94 valence electrons. The molecule has 0 atom stereocenters. The number of carbonyl (C=O) groups is 1. The molecule has 9 heteroatoms. The van der Waals surface area contributed by atoms with Gasteiger partial charge >= 0.3 is 11.0 Å². The molecule has 8 nitrogen and oxygen atoms in total. The summed E-state index contributed by atoms with van der Waals surface area (Å²) in [6.45, 7) is 1.74. The van der Waals surface area contributed by atoms with Crippen molar-refractivity contribution in [3.63, 3.8) is 0 Å². The van der Waals surface area contributed by atoms with E-state index >= 15 is 0 Å². The highest BCUT2D eigenvalue weighted by Gasteiger charge is 2.18. The molecule has 18 heavy (non-hydrogen) atoms. The molecule has 0 bridgehead atoms. The summed E-state index contributed by atoms with van der Waals surface area (Å²) in [6.07, 6.45) is 2.11. The Labute approximate surface area is 104 Å². The molecule has 0 N–H and O–H groups in total. The first-order valence-corrected chi connectivity index (χ1v) is 5.69. The number of fused-ring (bicyclic) bond motifs is 1. The lowest BCUT2D eigenvalue weighted by molar-refractivity contribution is -0.380. The number of hydrogen-bond donors (Lipinski definition) is 0. The van der Waals surface area contributed by atoms with Gasteiger partial charge in [-0.1, -0.05) is 0 Å². The van der Waals surface area contributed by atoms with Crippen molar-refractivity contribution in [1.82, 2.24) is 9.38 Å². The van der Waals surface area contributed by atoms with Crippen LogP contribution < -0.4 is 5.56 Å². The fourth-order valence-corrected chi connectivity index (χ4v) is 2.07. The van der Waals surface area contributed by atoms with Crippen LogP contribution in [0.2, 0.25) is 0 Å². The quantitative estimate of drug-likeness (QED) is 0.464. The Morgan fingerprint density at radius 1 is 1.67 bits per heavy atom. The molecule has 2 aromatic heterocycles. The SMILES string of the molecule is CCOC(=O)c1cnc2sc([N+](=O)[O-])cn2c1=O. The van der Waals surface area contributed by atoms with E-state index in [4.69, 9.17) is 0 Å². The molecule has 0 saturated carbocycles. The van der Waals surface area contributed by atoms with E-state index in [9.17, 15) is 19.7 Å². The number of hydrogen-bond acceptors (Lipinski definition) is 7. The van der Waals surface area contributed by atoms with E-state index in [1.165, 1.54) is 0 Å². The minimum absolute atomic E-state index is 0.130. The maximum Gasteiger partial charge on any atom is 0.345 e. The predicted molar refractivity (Wildman–Crippen MR) is 61.9 cm³/mol. The molecular weight excluding hydrogens is 262 g/mol. The van der Waals surface area contributed by atoms with Gasteiger partial charge in [-0.3, -0.25) is 19.3 Å². The van der Waals surface area contributed by atoms with Gasteiger partial charge < -0.3 is 4.74 Å². The Bertz CT molecular complexity index is 689. The van der Waals surface area contributed by atoms with Crippen molar-refractivity contribution in [2.75, 3.05) is 6.61 Å². The van der Waals surface area contributed by atoms with Crippen molar-refractivity contribution in [2.24, 2.45) is 0 Å². The Morgan fingerprint density at radius 2 is 2.39 bits per heavy atom. The topological polar surface area (TPSA) is 104 Å². The minimum Gasteiger partial charge on any atom is -0.462 e. The Kier molecular flexibility index (Phi) is 3.06. The normalized spacial score (nSPS) is 10.5. The van der Waals surface area contributed by atoms with Crippen molar-refractivity contribution < 1.29 is 14.5 Å². The standard InChI is InChI=1S/C9H7N3O5S/c1-2-17-8(14)5-3-10-9-11(7(5)13)4-6(18-9)12(15)16/h3-4H,2H2,1H3.